The van der Waals surface area contributed by atoms with E-state index < -0.39 is 0 Å². The van der Waals surface area contributed by atoms with Crippen molar-refractivity contribution in [3.63, 3.8) is 0 Å². The molecule has 0 aliphatic carbocycles. The minimum atomic E-state index is -0.180. The molecule has 6 nitrogen and oxygen atoms in total. The van der Waals surface area contributed by atoms with E-state index in [-0.39, 0.29) is 18.1 Å². The number of para-hydroxylation sites is 1. The predicted molar refractivity (Wildman–Crippen MR) is 99.1 cm³/mol. The number of nitrogens with one attached hydrogen (secondary N) is 1. The lowest BCUT2D eigenvalue weighted by molar-refractivity contribution is 0.0925. The number of imidazole rings is 1. The zero-order valence-corrected chi connectivity index (χ0v) is 14.2. The normalized spacial score (nSPS) is 21.3. The van der Waals surface area contributed by atoms with Gasteiger partial charge in [0.2, 0.25) is 0 Å². The third kappa shape index (κ3) is 2.23. The maximum Gasteiger partial charge on any atom is 0.255 e. The highest BCUT2D eigenvalue weighted by atomic mass is 16.2. The average molecular weight is 345 g/mol. The van der Waals surface area contributed by atoms with Gasteiger partial charge in [-0.3, -0.25) is 4.79 Å². The molecule has 2 aliphatic heterocycles. The Morgan fingerprint density at radius 1 is 1.15 bits per heavy atom. The van der Waals surface area contributed by atoms with E-state index in [1.165, 1.54) is 0 Å². The Bertz CT molecular complexity index is 964. The molecule has 3 aromatic rings. The SMILES string of the molecule is N[C@H]1CCN2c3c(cccc31)C(=O)N[C@@H]2c1ccc(-n2ccnc2)cc1. The Morgan fingerprint density at radius 2 is 2.00 bits per heavy atom. The van der Waals surface area contributed by atoms with Crippen LogP contribution in [-0.2, 0) is 0 Å². The number of nitrogens with zero attached hydrogens (tertiary/aromatic N) is 3. The van der Waals surface area contributed by atoms with Crippen LogP contribution in [0.3, 0.4) is 0 Å². The number of carbonyl (C=O) groups is 1. The number of rotatable bonds is 2. The fourth-order valence-electron chi connectivity index (χ4n) is 3.95. The molecule has 3 heterocycles. The van der Waals surface area contributed by atoms with Gasteiger partial charge in [-0.15, -0.1) is 0 Å². The van der Waals surface area contributed by atoms with E-state index in [0.717, 1.165) is 35.5 Å². The average Bonchev–Trinajstić information content (AvgIpc) is 3.21. The summed E-state index contributed by atoms with van der Waals surface area (Å²) in [5, 5.41) is 3.15. The zero-order chi connectivity index (χ0) is 17.7. The van der Waals surface area contributed by atoms with E-state index in [1.807, 2.05) is 41.1 Å². The molecule has 0 saturated carbocycles. The summed E-state index contributed by atoms with van der Waals surface area (Å²) in [7, 11) is 0. The summed E-state index contributed by atoms with van der Waals surface area (Å²) in [6, 6.07) is 14.0. The largest absolute Gasteiger partial charge is 0.346 e. The number of hydrogen-bond donors (Lipinski definition) is 2. The van der Waals surface area contributed by atoms with Gasteiger partial charge in [0.1, 0.15) is 6.17 Å². The second-order valence-corrected chi connectivity index (χ2v) is 6.77. The van der Waals surface area contributed by atoms with E-state index in [2.05, 4.69) is 27.3 Å². The second kappa shape index (κ2) is 5.71. The molecule has 0 radical (unpaired) electrons. The van der Waals surface area contributed by atoms with E-state index in [4.69, 9.17) is 5.73 Å². The molecule has 26 heavy (non-hydrogen) atoms. The number of carbonyl (C=O) groups excluding carboxylic acids is 1. The summed E-state index contributed by atoms with van der Waals surface area (Å²) < 4.78 is 1.95. The fourth-order valence-corrected chi connectivity index (χ4v) is 3.95. The summed E-state index contributed by atoms with van der Waals surface area (Å²) in [6.45, 7) is 0.819. The van der Waals surface area contributed by atoms with Crippen molar-refractivity contribution in [3.05, 3.63) is 77.9 Å². The summed E-state index contributed by atoms with van der Waals surface area (Å²) in [4.78, 5) is 19.0. The maximum absolute atomic E-state index is 12.7. The summed E-state index contributed by atoms with van der Waals surface area (Å²) in [5.74, 6) is -0.0455. The first-order valence-electron chi connectivity index (χ1n) is 8.76. The van der Waals surface area contributed by atoms with Crippen molar-refractivity contribution in [2.24, 2.45) is 5.73 Å². The standard InChI is InChI=1S/C20H19N5O/c21-17-8-10-25-18-15(17)2-1-3-16(18)20(26)23-19(25)13-4-6-14(7-5-13)24-11-9-22-12-24/h1-7,9,11-12,17,19H,8,10,21H2,(H,23,26)/t17-,19-/m0/s1. The Morgan fingerprint density at radius 3 is 2.77 bits per heavy atom. The van der Waals surface area contributed by atoms with Gasteiger partial charge in [0, 0.05) is 30.7 Å². The van der Waals surface area contributed by atoms with Crippen molar-refractivity contribution in [2.75, 3.05) is 11.4 Å². The van der Waals surface area contributed by atoms with Gasteiger partial charge < -0.3 is 20.5 Å². The molecule has 1 amide bonds. The van der Waals surface area contributed by atoms with Crippen LogP contribution in [0.4, 0.5) is 5.69 Å². The number of hydrogen-bond acceptors (Lipinski definition) is 4. The molecule has 2 atom stereocenters. The van der Waals surface area contributed by atoms with Crippen molar-refractivity contribution in [1.82, 2.24) is 14.9 Å². The van der Waals surface area contributed by atoms with Gasteiger partial charge in [-0.2, -0.15) is 0 Å². The van der Waals surface area contributed by atoms with Gasteiger partial charge in [-0.05, 0) is 35.7 Å². The monoisotopic (exact) mass is 345 g/mol. The molecule has 0 fully saturated rings. The molecule has 0 saturated heterocycles. The highest BCUT2D eigenvalue weighted by molar-refractivity contribution is 6.03. The van der Waals surface area contributed by atoms with Crippen LogP contribution in [0.2, 0.25) is 0 Å². The molecule has 3 N–H and O–H groups in total. The van der Waals surface area contributed by atoms with Crippen molar-refractivity contribution in [2.45, 2.75) is 18.6 Å². The van der Waals surface area contributed by atoms with Gasteiger partial charge in [-0.1, -0.05) is 24.3 Å². The van der Waals surface area contributed by atoms with E-state index in [0.29, 0.717) is 5.56 Å². The molecule has 6 heteroatoms. The third-order valence-electron chi connectivity index (χ3n) is 5.27. The lowest BCUT2D eigenvalue weighted by Gasteiger charge is -2.44. The zero-order valence-electron chi connectivity index (χ0n) is 14.2. The number of anilines is 1. The van der Waals surface area contributed by atoms with Crippen LogP contribution in [0.15, 0.2) is 61.2 Å². The van der Waals surface area contributed by atoms with Gasteiger partial charge >= 0.3 is 0 Å². The first kappa shape index (κ1) is 15.2. The van der Waals surface area contributed by atoms with Crippen LogP contribution in [0.25, 0.3) is 5.69 Å². The molecule has 0 unspecified atom stereocenters. The molecule has 1 aromatic heterocycles. The predicted octanol–water partition coefficient (Wildman–Crippen LogP) is 2.52. The Kier molecular flexibility index (Phi) is 3.33. The van der Waals surface area contributed by atoms with E-state index in [1.54, 1.807) is 12.5 Å². The second-order valence-electron chi connectivity index (χ2n) is 6.77. The Hall–Kier alpha value is -3.12. The number of amides is 1. The van der Waals surface area contributed by atoms with E-state index in [9.17, 15) is 4.79 Å². The smallest absolute Gasteiger partial charge is 0.255 e. The molecule has 2 aliphatic rings. The van der Waals surface area contributed by atoms with Crippen LogP contribution in [0.5, 0.6) is 0 Å². The number of nitrogens with two attached hydrogens (primary N) is 1. The van der Waals surface area contributed by atoms with Gasteiger partial charge in [0.15, 0.2) is 0 Å². The Balaban J connectivity index is 1.55. The van der Waals surface area contributed by atoms with Gasteiger partial charge in [0.25, 0.3) is 5.91 Å². The van der Waals surface area contributed by atoms with Crippen LogP contribution in [-0.4, -0.2) is 22.0 Å². The first-order valence-corrected chi connectivity index (χ1v) is 8.76. The topological polar surface area (TPSA) is 76.2 Å². The molecule has 0 spiro atoms. The van der Waals surface area contributed by atoms with Gasteiger partial charge in [-0.25, -0.2) is 4.98 Å². The molecule has 0 bridgehead atoms. The lowest BCUT2D eigenvalue weighted by atomic mass is 9.90. The minimum Gasteiger partial charge on any atom is -0.346 e. The minimum absolute atomic E-state index is 0.0173. The van der Waals surface area contributed by atoms with Crippen LogP contribution < -0.4 is 16.0 Å². The number of aromatic nitrogens is 2. The summed E-state index contributed by atoms with van der Waals surface area (Å²) >= 11 is 0. The number of benzene rings is 2. The van der Waals surface area contributed by atoms with Crippen LogP contribution in [0, 0.1) is 0 Å². The third-order valence-corrected chi connectivity index (χ3v) is 5.27. The lowest BCUT2D eigenvalue weighted by Crippen LogP contribution is -2.49. The molecular formula is C20H19N5O. The first-order chi connectivity index (χ1) is 12.7. The quantitative estimate of drug-likeness (QED) is 0.748. The van der Waals surface area contributed by atoms with E-state index >= 15 is 0 Å². The molecule has 5 rings (SSSR count). The van der Waals surface area contributed by atoms with Crippen molar-refractivity contribution in [1.29, 1.82) is 0 Å². The highest BCUT2D eigenvalue weighted by Gasteiger charge is 2.37. The van der Waals surface area contributed by atoms with Crippen molar-refractivity contribution < 1.29 is 4.79 Å². The molecular weight excluding hydrogens is 326 g/mol. The molecule has 130 valence electrons. The maximum atomic E-state index is 12.7. The highest BCUT2D eigenvalue weighted by Crippen LogP contribution is 2.42. The molecule has 2 aromatic carbocycles. The summed E-state index contributed by atoms with van der Waals surface area (Å²) in [5.41, 5.74) is 11.1. The van der Waals surface area contributed by atoms with Crippen molar-refractivity contribution in [3.8, 4) is 5.69 Å². The van der Waals surface area contributed by atoms with Gasteiger partial charge in [0.05, 0.1) is 17.6 Å². The fraction of sp³-hybridized carbons (Fsp3) is 0.200. The summed E-state index contributed by atoms with van der Waals surface area (Å²) in [6.07, 6.45) is 6.12. The van der Waals surface area contributed by atoms with Crippen LogP contribution in [0.1, 0.15) is 40.1 Å². The van der Waals surface area contributed by atoms with Crippen molar-refractivity contribution >= 4 is 11.6 Å². The van der Waals surface area contributed by atoms with Crippen LogP contribution >= 0.6 is 0 Å². The Labute approximate surface area is 151 Å².